The predicted octanol–water partition coefficient (Wildman–Crippen LogP) is 6.84. The average Bonchev–Trinajstić information content (AvgIpc) is 3.20. The normalized spacial score (nSPS) is 13.4. The van der Waals surface area contributed by atoms with Crippen LogP contribution in [0.5, 0.6) is 5.75 Å². The van der Waals surface area contributed by atoms with E-state index in [2.05, 4.69) is 19.1 Å². The highest BCUT2D eigenvalue weighted by Crippen LogP contribution is 2.32. The molecule has 1 aromatic heterocycles. The monoisotopic (exact) mass is 593 g/mol. The summed E-state index contributed by atoms with van der Waals surface area (Å²) in [7, 11) is -2.19. The molecule has 0 fully saturated rings. The first-order valence-electron chi connectivity index (χ1n) is 13.9. The summed E-state index contributed by atoms with van der Waals surface area (Å²) in [6, 6.07) is 8.07. The van der Waals surface area contributed by atoms with Crippen molar-refractivity contribution in [2.24, 2.45) is 5.41 Å². The average molecular weight is 594 g/mol. The number of Topliss-reactive ketones (excluding diaryl/α,β-unsaturated/α-hetero) is 1. The van der Waals surface area contributed by atoms with Crippen LogP contribution in [0.1, 0.15) is 95.2 Å². The highest BCUT2D eigenvalue weighted by molar-refractivity contribution is 7.91. The number of aryl methyl sites for hydroxylation is 3. The number of ether oxygens (including phenoxy) is 2. The lowest BCUT2D eigenvalue weighted by molar-refractivity contribution is -0.154. The van der Waals surface area contributed by atoms with Gasteiger partial charge in [0.15, 0.2) is 5.78 Å². The quantitative estimate of drug-likeness (QED) is 0.236. The molecule has 1 atom stereocenters. The molecular formula is C31H47NO6S2. The Hall–Kier alpha value is -2.23. The van der Waals surface area contributed by atoms with Crippen molar-refractivity contribution in [2.45, 2.75) is 104 Å². The van der Waals surface area contributed by atoms with Gasteiger partial charge in [-0.15, -0.1) is 11.3 Å². The molecule has 1 heterocycles. The third-order valence-electron chi connectivity index (χ3n) is 6.64. The summed E-state index contributed by atoms with van der Waals surface area (Å²) >= 11 is 1.31. The van der Waals surface area contributed by atoms with Crippen LogP contribution >= 0.6 is 11.3 Å². The number of thiophene rings is 1. The summed E-state index contributed by atoms with van der Waals surface area (Å²) in [6.07, 6.45) is 2.68. The van der Waals surface area contributed by atoms with E-state index < -0.39 is 27.0 Å². The molecule has 0 aliphatic carbocycles. The number of benzene rings is 1. The lowest BCUT2D eigenvalue weighted by Gasteiger charge is -2.21. The molecule has 0 bridgehead atoms. The van der Waals surface area contributed by atoms with E-state index in [-0.39, 0.29) is 25.4 Å². The number of hydrogen-bond acceptors (Lipinski definition) is 7. The van der Waals surface area contributed by atoms with Crippen LogP contribution in [0.3, 0.4) is 0 Å². The van der Waals surface area contributed by atoms with Gasteiger partial charge in [-0.3, -0.25) is 9.59 Å². The molecule has 0 N–H and O–H groups in total. The maximum atomic E-state index is 13.2. The summed E-state index contributed by atoms with van der Waals surface area (Å²) in [4.78, 5) is 25.3. The summed E-state index contributed by atoms with van der Waals surface area (Å²) in [5, 5.41) is 0. The molecule has 0 saturated heterocycles. The van der Waals surface area contributed by atoms with Crippen LogP contribution in [-0.2, 0) is 30.8 Å². The molecule has 1 aromatic carbocycles. The Balaban J connectivity index is 1.93. The second-order valence-corrected chi connectivity index (χ2v) is 16.0. The topological polar surface area (TPSA) is 90.0 Å². The Morgan fingerprint density at radius 3 is 2.25 bits per heavy atom. The van der Waals surface area contributed by atoms with Crippen molar-refractivity contribution in [3.63, 3.8) is 0 Å². The van der Waals surface area contributed by atoms with Crippen molar-refractivity contribution in [3.05, 3.63) is 45.8 Å². The molecule has 224 valence electrons. The standard InChI is InChI=1S/C31H47NO6S2/c1-21(24-14-15-26(22(2)18-24)37-20-27(33)30(4,5)6)12-11-13-25-19-23(3)29(39-25)40(35,36)32(10)17-16-28(34)38-31(7,8)9/h14-15,18-19,21H,11-13,16-17,20H2,1-10H3. The van der Waals surface area contributed by atoms with Crippen molar-refractivity contribution in [1.29, 1.82) is 0 Å². The molecule has 1 unspecified atom stereocenters. The lowest BCUT2D eigenvalue weighted by Crippen LogP contribution is -2.31. The summed E-state index contributed by atoms with van der Waals surface area (Å²) in [5.74, 6) is 0.705. The van der Waals surface area contributed by atoms with Crippen LogP contribution in [0, 0.1) is 19.3 Å². The first kappa shape index (κ1) is 34.0. The maximum Gasteiger partial charge on any atom is 0.307 e. The highest BCUT2D eigenvalue weighted by atomic mass is 32.2. The lowest BCUT2D eigenvalue weighted by atomic mass is 9.91. The van der Waals surface area contributed by atoms with Crippen molar-refractivity contribution in [1.82, 2.24) is 4.31 Å². The van der Waals surface area contributed by atoms with E-state index >= 15 is 0 Å². The molecular weight excluding hydrogens is 546 g/mol. The Bertz CT molecular complexity index is 1280. The fraction of sp³-hybridized carbons (Fsp3) is 0.613. The van der Waals surface area contributed by atoms with Gasteiger partial charge in [-0.25, -0.2) is 8.42 Å². The first-order chi connectivity index (χ1) is 18.3. The van der Waals surface area contributed by atoms with Gasteiger partial charge >= 0.3 is 5.97 Å². The van der Waals surface area contributed by atoms with E-state index in [0.717, 1.165) is 41.0 Å². The maximum absolute atomic E-state index is 13.2. The Morgan fingerprint density at radius 1 is 1.02 bits per heavy atom. The van der Waals surface area contributed by atoms with E-state index in [4.69, 9.17) is 9.47 Å². The van der Waals surface area contributed by atoms with Gasteiger partial charge in [-0.05, 0) is 88.6 Å². The van der Waals surface area contributed by atoms with Gasteiger partial charge in [-0.1, -0.05) is 39.8 Å². The van der Waals surface area contributed by atoms with Gasteiger partial charge in [0.1, 0.15) is 22.2 Å². The fourth-order valence-corrected chi connectivity index (χ4v) is 7.21. The van der Waals surface area contributed by atoms with Crippen LogP contribution in [0.15, 0.2) is 28.5 Å². The third kappa shape index (κ3) is 10.00. The molecule has 0 aliphatic heterocycles. The van der Waals surface area contributed by atoms with Crippen LogP contribution in [-0.4, -0.2) is 50.3 Å². The molecule has 2 rings (SSSR count). The SMILES string of the molecule is Cc1cc(C(C)CCCc2cc(C)c(S(=O)(=O)N(C)CCC(=O)OC(C)(C)C)s2)ccc1OCC(=O)C(C)(C)C. The molecule has 9 heteroatoms. The molecule has 0 aliphatic rings. The van der Waals surface area contributed by atoms with Crippen molar-refractivity contribution < 1.29 is 27.5 Å². The molecule has 0 saturated carbocycles. The predicted molar refractivity (Wildman–Crippen MR) is 162 cm³/mol. The number of carbonyl (C=O) groups is 2. The van der Waals surface area contributed by atoms with Crippen LogP contribution in [0.2, 0.25) is 0 Å². The summed E-state index contributed by atoms with van der Waals surface area (Å²) < 4.78 is 39.0. The van der Waals surface area contributed by atoms with Gasteiger partial charge in [0.25, 0.3) is 10.0 Å². The van der Waals surface area contributed by atoms with Gasteiger partial charge in [0.2, 0.25) is 0 Å². The number of ketones is 1. The van der Waals surface area contributed by atoms with Crippen molar-refractivity contribution in [2.75, 3.05) is 20.2 Å². The molecule has 0 amide bonds. The number of rotatable bonds is 13. The first-order valence-corrected chi connectivity index (χ1v) is 16.1. The molecule has 0 spiro atoms. The highest BCUT2D eigenvalue weighted by Gasteiger charge is 2.27. The second-order valence-electron chi connectivity index (χ2n) is 12.6. The zero-order valence-electron chi connectivity index (χ0n) is 25.8. The fourth-order valence-electron chi connectivity index (χ4n) is 4.06. The zero-order valence-corrected chi connectivity index (χ0v) is 27.5. The van der Waals surface area contributed by atoms with Gasteiger partial charge in [0, 0.05) is 23.9 Å². The van der Waals surface area contributed by atoms with Gasteiger partial charge in [0.05, 0.1) is 6.42 Å². The minimum absolute atomic E-state index is 0.00376. The van der Waals surface area contributed by atoms with E-state index in [1.165, 1.54) is 28.3 Å². The summed E-state index contributed by atoms with van der Waals surface area (Å²) in [5.41, 5.74) is 1.92. The number of carbonyl (C=O) groups excluding carboxylic acids is 2. The van der Waals surface area contributed by atoms with E-state index in [1.807, 2.05) is 46.8 Å². The number of hydrogen-bond donors (Lipinski definition) is 0. The molecule has 40 heavy (non-hydrogen) atoms. The van der Waals surface area contributed by atoms with Crippen molar-refractivity contribution in [3.8, 4) is 5.75 Å². The largest absolute Gasteiger partial charge is 0.486 e. The third-order valence-corrected chi connectivity index (χ3v) is 10.4. The summed E-state index contributed by atoms with van der Waals surface area (Å²) in [6.45, 7) is 17.2. The molecule has 2 aromatic rings. The van der Waals surface area contributed by atoms with Gasteiger partial charge < -0.3 is 9.47 Å². The smallest absolute Gasteiger partial charge is 0.307 e. The Morgan fingerprint density at radius 2 is 1.68 bits per heavy atom. The second kappa shape index (κ2) is 13.6. The van der Waals surface area contributed by atoms with Crippen LogP contribution in [0.25, 0.3) is 0 Å². The van der Waals surface area contributed by atoms with E-state index in [1.54, 1.807) is 20.8 Å². The van der Waals surface area contributed by atoms with Crippen molar-refractivity contribution >= 4 is 33.1 Å². The minimum atomic E-state index is -3.69. The number of nitrogens with zero attached hydrogens (tertiary/aromatic N) is 1. The number of sulfonamides is 1. The number of esters is 1. The van der Waals surface area contributed by atoms with Crippen LogP contribution < -0.4 is 4.74 Å². The van der Waals surface area contributed by atoms with Gasteiger partial charge in [-0.2, -0.15) is 4.31 Å². The van der Waals surface area contributed by atoms with E-state index in [9.17, 15) is 18.0 Å². The van der Waals surface area contributed by atoms with E-state index in [0.29, 0.717) is 10.1 Å². The Kier molecular flexibility index (Phi) is 11.6. The van der Waals surface area contributed by atoms with Crippen LogP contribution in [0.4, 0.5) is 0 Å². The minimum Gasteiger partial charge on any atom is -0.486 e. The zero-order chi connectivity index (χ0) is 30.5. The Labute approximate surface area is 245 Å². The molecule has 7 nitrogen and oxygen atoms in total. The molecule has 0 radical (unpaired) electrons.